The first-order chi connectivity index (χ1) is 18.3. The number of pyridine rings is 1. The molecule has 0 aliphatic rings. The van der Waals surface area contributed by atoms with Crippen LogP contribution in [0.4, 0.5) is 24.5 Å². The van der Waals surface area contributed by atoms with Gasteiger partial charge >= 0.3 is 6.18 Å². The first-order valence-electron chi connectivity index (χ1n) is 11.7. The van der Waals surface area contributed by atoms with Crippen LogP contribution in [-0.2, 0) is 12.7 Å². The predicted molar refractivity (Wildman–Crippen MR) is 144 cm³/mol. The SMILES string of the molecule is COc1cncc(/C(N)=C/N(N)c2cc(C(=O)Nc3cc(C(F)(F)F)cc(CN(C)C)c3OC)ccc2C)c1. The number of carbonyl (C=O) groups is 1. The maximum atomic E-state index is 13.6. The molecular formula is C27H31F3N6O3. The number of aromatic nitrogens is 1. The van der Waals surface area contributed by atoms with E-state index < -0.39 is 17.6 Å². The lowest BCUT2D eigenvalue weighted by Crippen LogP contribution is -2.27. The molecular weight excluding hydrogens is 513 g/mol. The van der Waals surface area contributed by atoms with E-state index in [2.05, 4.69) is 10.3 Å². The minimum atomic E-state index is -4.62. The zero-order valence-corrected chi connectivity index (χ0v) is 22.3. The van der Waals surface area contributed by atoms with Gasteiger partial charge in [0.15, 0.2) is 0 Å². The van der Waals surface area contributed by atoms with Crippen LogP contribution in [0.3, 0.4) is 0 Å². The van der Waals surface area contributed by atoms with E-state index in [1.165, 1.54) is 37.7 Å². The van der Waals surface area contributed by atoms with Gasteiger partial charge in [0.05, 0.1) is 43.1 Å². The van der Waals surface area contributed by atoms with E-state index in [4.69, 9.17) is 21.1 Å². The summed E-state index contributed by atoms with van der Waals surface area (Å²) < 4.78 is 51.4. The summed E-state index contributed by atoms with van der Waals surface area (Å²) in [6.45, 7) is 1.96. The number of rotatable bonds is 9. The standard InChI is InChI=1S/C27H31F3N6O3/c1-16-6-7-17(10-24(16)36(32)15-22(31)18-9-21(38-4)13-33-12-18)26(37)34-23-11-20(27(28,29)30)8-19(14-35(2)3)25(23)39-5/h6-13,15H,14,31-32H2,1-5H3,(H,34,37)/b22-15-. The molecule has 0 radical (unpaired) electrons. The zero-order valence-electron chi connectivity index (χ0n) is 22.3. The minimum Gasteiger partial charge on any atom is -0.495 e. The predicted octanol–water partition coefficient (Wildman–Crippen LogP) is 4.38. The normalized spacial score (nSPS) is 11.9. The van der Waals surface area contributed by atoms with Crippen LogP contribution < -0.4 is 31.4 Å². The molecule has 0 aliphatic carbocycles. The van der Waals surface area contributed by atoms with Crippen LogP contribution in [0.15, 0.2) is 55.0 Å². The number of alkyl halides is 3. The van der Waals surface area contributed by atoms with Gasteiger partial charge in [-0.15, -0.1) is 0 Å². The van der Waals surface area contributed by atoms with Gasteiger partial charge in [0, 0.05) is 35.6 Å². The fourth-order valence-electron chi connectivity index (χ4n) is 3.85. The number of nitrogens with one attached hydrogen (secondary N) is 1. The summed E-state index contributed by atoms with van der Waals surface area (Å²) in [6.07, 6.45) is -0.0731. The van der Waals surface area contributed by atoms with Gasteiger partial charge in [-0.1, -0.05) is 6.07 Å². The Balaban J connectivity index is 1.95. The molecule has 0 unspecified atom stereocenters. The number of benzene rings is 2. The van der Waals surface area contributed by atoms with Crippen molar-refractivity contribution in [1.82, 2.24) is 9.88 Å². The lowest BCUT2D eigenvalue weighted by Gasteiger charge is -2.21. The number of carbonyl (C=O) groups excluding carboxylic acids is 1. The van der Waals surface area contributed by atoms with Crippen LogP contribution in [0.2, 0.25) is 0 Å². The zero-order chi connectivity index (χ0) is 28.9. The van der Waals surface area contributed by atoms with Crippen molar-refractivity contribution in [2.24, 2.45) is 11.6 Å². The van der Waals surface area contributed by atoms with Crippen LogP contribution in [0.1, 0.15) is 32.6 Å². The number of nitrogens with two attached hydrogens (primary N) is 2. The van der Waals surface area contributed by atoms with Gasteiger partial charge in [0.25, 0.3) is 5.91 Å². The monoisotopic (exact) mass is 544 g/mol. The fraction of sp³-hybridized carbons (Fsp3) is 0.259. The molecule has 39 heavy (non-hydrogen) atoms. The van der Waals surface area contributed by atoms with E-state index in [0.717, 1.165) is 17.7 Å². The van der Waals surface area contributed by atoms with Crippen LogP contribution >= 0.6 is 0 Å². The largest absolute Gasteiger partial charge is 0.495 e. The van der Waals surface area contributed by atoms with E-state index in [1.54, 1.807) is 50.3 Å². The van der Waals surface area contributed by atoms with Gasteiger partial charge in [0.1, 0.15) is 11.5 Å². The number of ether oxygens (including phenoxy) is 2. The van der Waals surface area contributed by atoms with Crippen molar-refractivity contribution in [3.8, 4) is 11.5 Å². The topological polar surface area (TPSA) is 119 Å². The first-order valence-corrected chi connectivity index (χ1v) is 11.7. The third kappa shape index (κ3) is 7.18. The Kier molecular flexibility index (Phi) is 9.04. The Hall–Kier alpha value is -4.29. The van der Waals surface area contributed by atoms with E-state index in [1.807, 2.05) is 0 Å². The van der Waals surface area contributed by atoms with E-state index >= 15 is 0 Å². The Morgan fingerprint density at radius 1 is 1.08 bits per heavy atom. The Morgan fingerprint density at radius 2 is 1.79 bits per heavy atom. The number of methoxy groups -OCH3 is 2. The number of halogens is 3. The number of hydrogen-bond acceptors (Lipinski definition) is 8. The smallest absolute Gasteiger partial charge is 0.416 e. The highest BCUT2D eigenvalue weighted by Gasteiger charge is 2.33. The summed E-state index contributed by atoms with van der Waals surface area (Å²) in [5.41, 5.74) is 7.67. The number of anilines is 2. The van der Waals surface area contributed by atoms with E-state index in [-0.39, 0.29) is 29.1 Å². The summed E-state index contributed by atoms with van der Waals surface area (Å²) in [4.78, 5) is 19.0. The molecule has 0 atom stereocenters. The minimum absolute atomic E-state index is 0.101. The summed E-state index contributed by atoms with van der Waals surface area (Å²) in [7, 11) is 6.28. The quantitative estimate of drug-likeness (QED) is 0.268. The number of hydrogen-bond donors (Lipinski definition) is 3. The lowest BCUT2D eigenvalue weighted by molar-refractivity contribution is -0.137. The third-order valence-electron chi connectivity index (χ3n) is 5.74. The van der Waals surface area contributed by atoms with Crippen molar-refractivity contribution in [3.63, 3.8) is 0 Å². The van der Waals surface area contributed by atoms with Crippen molar-refractivity contribution >= 4 is 23.0 Å². The van der Waals surface area contributed by atoms with Crippen LogP contribution in [0, 0.1) is 6.92 Å². The van der Waals surface area contributed by atoms with Crippen LogP contribution in [0.5, 0.6) is 11.5 Å². The van der Waals surface area contributed by atoms with Gasteiger partial charge in [-0.05, 0) is 56.9 Å². The molecule has 12 heteroatoms. The van der Waals surface area contributed by atoms with Crippen molar-refractivity contribution in [2.75, 3.05) is 38.6 Å². The van der Waals surface area contributed by atoms with Crippen molar-refractivity contribution in [3.05, 3.63) is 82.8 Å². The van der Waals surface area contributed by atoms with Gasteiger partial charge in [-0.25, -0.2) is 5.84 Å². The molecule has 0 fully saturated rings. The van der Waals surface area contributed by atoms with Crippen molar-refractivity contribution < 1.29 is 27.4 Å². The van der Waals surface area contributed by atoms with Crippen molar-refractivity contribution in [1.29, 1.82) is 0 Å². The van der Waals surface area contributed by atoms with Gasteiger partial charge in [0.2, 0.25) is 0 Å². The van der Waals surface area contributed by atoms with Crippen LogP contribution in [-0.4, -0.2) is 44.1 Å². The third-order valence-corrected chi connectivity index (χ3v) is 5.74. The second-order valence-electron chi connectivity index (χ2n) is 9.01. The molecule has 1 heterocycles. The van der Waals surface area contributed by atoms with E-state index in [0.29, 0.717) is 22.7 Å². The summed E-state index contributed by atoms with van der Waals surface area (Å²) >= 11 is 0. The fourth-order valence-corrected chi connectivity index (χ4v) is 3.85. The number of hydrazine groups is 1. The Bertz CT molecular complexity index is 1380. The molecule has 0 saturated heterocycles. The molecule has 0 aliphatic heterocycles. The average Bonchev–Trinajstić information content (AvgIpc) is 2.87. The molecule has 0 bridgehead atoms. The molecule has 0 spiro atoms. The summed E-state index contributed by atoms with van der Waals surface area (Å²) in [5, 5.41) is 3.82. The van der Waals surface area contributed by atoms with E-state index in [9.17, 15) is 18.0 Å². The highest BCUT2D eigenvalue weighted by atomic mass is 19.4. The maximum Gasteiger partial charge on any atom is 0.416 e. The first kappa shape index (κ1) is 29.3. The average molecular weight is 545 g/mol. The van der Waals surface area contributed by atoms with Gasteiger partial charge < -0.3 is 25.4 Å². The molecule has 1 aromatic heterocycles. The number of amides is 1. The second-order valence-corrected chi connectivity index (χ2v) is 9.01. The molecule has 2 aromatic carbocycles. The van der Waals surface area contributed by atoms with Crippen molar-refractivity contribution in [2.45, 2.75) is 19.6 Å². The Labute approximate surface area is 224 Å². The summed E-state index contributed by atoms with van der Waals surface area (Å²) in [5.74, 6) is 6.26. The molecule has 3 aromatic rings. The molecule has 9 nitrogen and oxygen atoms in total. The van der Waals surface area contributed by atoms with Gasteiger partial charge in [-0.2, -0.15) is 13.2 Å². The number of nitrogens with zero attached hydrogens (tertiary/aromatic N) is 3. The highest BCUT2D eigenvalue weighted by Crippen LogP contribution is 2.38. The molecule has 1 amide bonds. The maximum absolute atomic E-state index is 13.6. The molecule has 5 N–H and O–H groups in total. The summed E-state index contributed by atoms with van der Waals surface area (Å²) in [6, 6.07) is 8.28. The molecule has 208 valence electrons. The Morgan fingerprint density at radius 3 is 2.41 bits per heavy atom. The lowest BCUT2D eigenvalue weighted by atomic mass is 10.1. The van der Waals surface area contributed by atoms with Gasteiger partial charge in [-0.3, -0.25) is 14.8 Å². The molecule has 0 saturated carbocycles. The number of aryl methyl sites for hydroxylation is 1. The highest BCUT2D eigenvalue weighted by molar-refractivity contribution is 6.06. The van der Waals surface area contributed by atoms with Crippen LogP contribution in [0.25, 0.3) is 5.70 Å². The second kappa shape index (κ2) is 12.0. The molecule has 3 rings (SSSR count).